The fourth-order valence-corrected chi connectivity index (χ4v) is 3.88. The van der Waals surface area contributed by atoms with E-state index in [0.29, 0.717) is 40.0 Å². The second-order valence-corrected chi connectivity index (χ2v) is 6.61. The van der Waals surface area contributed by atoms with E-state index in [1.807, 2.05) is 0 Å². The number of thiophene rings is 1. The first-order valence-electron chi connectivity index (χ1n) is 7.85. The standard InChI is InChI=1S/C15H22F2N4O3S/c1-9-10(7-19-4-3-18)25-14-12(9)13(22)21(8-11(16)17)15(23)20(14)5-6-24-2/h11,19H,3-8,18H2,1-2H3. The maximum atomic E-state index is 12.8. The highest BCUT2D eigenvalue weighted by Gasteiger charge is 2.21. The molecule has 0 radical (unpaired) electrons. The van der Waals surface area contributed by atoms with Crippen LogP contribution in [0.1, 0.15) is 10.4 Å². The molecule has 140 valence electrons. The second-order valence-electron chi connectivity index (χ2n) is 5.53. The molecule has 0 fully saturated rings. The summed E-state index contributed by atoms with van der Waals surface area (Å²) in [4.78, 5) is 26.5. The molecule has 2 aromatic rings. The SMILES string of the molecule is COCCn1c(=O)n(CC(F)F)c(=O)c2c(C)c(CNCCN)sc21. The van der Waals surface area contributed by atoms with Crippen molar-refractivity contribution in [2.75, 3.05) is 26.8 Å². The molecule has 0 spiro atoms. The van der Waals surface area contributed by atoms with Crippen molar-refractivity contribution in [2.24, 2.45) is 5.73 Å². The summed E-state index contributed by atoms with van der Waals surface area (Å²) in [6.45, 7) is 2.84. The van der Waals surface area contributed by atoms with Crippen molar-refractivity contribution in [1.82, 2.24) is 14.5 Å². The first kappa shape index (κ1) is 19.7. The van der Waals surface area contributed by atoms with E-state index in [1.54, 1.807) is 6.92 Å². The second kappa shape index (κ2) is 8.65. The van der Waals surface area contributed by atoms with Gasteiger partial charge in [0.15, 0.2) is 0 Å². The highest BCUT2D eigenvalue weighted by Crippen LogP contribution is 2.27. The summed E-state index contributed by atoms with van der Waals surface area (Å²) < 4.78 is 32.6. The van der Waals surface area contributed by atoms with Crippen molar-refractivity contribution in [3.8, 4) is 0 Å². The summed E-state index contributed by atoms with van der Waals surface area (Å²) in [6, 6.07) is 0. The third-order valence-electron chi connectivity index (χ3n) is 3.84. The van der Waals surface area contributed by atoms with E-state index < -0.39 is 24.2 Å². The fourth-order valence-electron chi connectivity index (χ4n) is 2.59. The average molecular weight is 376 g/mol. The van der Waals surface area contributed by atoms with E-state index in [0.717, 1.165) is 4.88 Å². The predicted molar refractivity (Wildman–Crippen MR) is 93.7 cm³/mol. The lowest BCUT2D eigenvalue weighted by molar-refractivity contribution is 0.122. The molecule has 25 heavy (non-hydrogen) atoms. The van der Waals surface area contributed by atoms with Crippen LogP contribution in [0.15, 0.2) is 9.59 Å². The van der Waals surface area contributed by atoms with Crippen molar-refractivity contribution in [3.05, 3.63) is 31.3 Å². The Hall–Kier alpha value is -1.62. The molecule has 7 nitrogen and oxygen atoms in total. The quantitative estimate of drug-likeness (QED) is 0.622. The van der Waals surface area contributed by atoms with Gasteiger partial charge in [-0.1, -0.05) is 0 Å². The summed E-state index contributed by atoms with van der Waals surface area (Å²) in [5.74, 6) is 0. The summed E-state index contributed by atoms with van der Waals surface area (Å²) in [5.41, 5.74) is 4.74. The van der Waals surface area contributed by atoms with Crippen molar-refractivity contribution in [2.45, 2.75) is 33.0 Å². The first-order valence-corrected chi connectivity index (χ1v) is 8.67. The van der Waals surface area contributed by atoms with E-state index in [1.165, 1.54) is 23.0 Å². The van der Waals surface area contributed by atoms with Gasteiger partial charge in [0.2, 0.25) is 0 Å². The largest absolute Gasteiger partial charge is 0.383 e. The van der Waals surface area contributed by atoms with Gasteiger partial charge in [0.1, 0.15) is 4.83 Å². The number of halogens is 2. The zero-order valence-electron chi connectivity index (χ0n) is 14.2. The minimum Gasteiger partial charge on any atom is -0.383 e. The highest BCUT2D eigenvalue weighted by molar-refractivity contribution is 7.18. The van der Waals surface area contributed by atoms with Gasteiger partial charge in [-0.2, -0.15) is 0 Å². The van der Waals surface area contributed by atoms with Gasteiger partial charge < -0.3 is 15.8 Å². The minimum absolute atomic E-state index is 0.185. The minimum atomic E-state index is -2.79. The van der Waals surface area contributed by atoms with Crippen LogP contribution in [0.3, 0.4) is 0 Å². The van der Waals surface area contributed by atoms with Gasteiger partial charge in [0, 0.05) is 31.6 Å². The van der Waals surface area contributed by atoms with E-state index in [9.17, 15) is 18.4 Å². The Bertz CT molecular complexity index is 844. The smallest absolute Gasteiger partial charge is 0.332 e. The van der Waals surface area contributed by atoms with Gasteiger partial charge in [-0.15, -0.1) is 11.3 Å². The topological polar surface area (TPSA) is 91.3 Å². The zero-order chi connectivity index (χ0) is 18.6. The lowest BCUT2D eigenvalue weighted by atomic mass is 10.2. The van der Waals surface area contributed by atoms with Gasteiger partial charge in [0.05, 0.1) is 25.1 Å². The van der Waals surface area contributed by atoms with E-state index in [4.69, 9.17) is 10.5 Å². The molecule has 3 N–H and O–H groups in total. The summed E-state index contributed by atoms with van der Waals surface area (Å²) in [6.07, 6.45) is -2.79. The number of rotatable bonds is 9. The van der Waals surface area contributed by atoms with Crippen LogP contribution in [0.25, 0.3) is 10.2 Å². The number of nitrogens with two attached hydrogens (primary N) is 1. The Kier molecular flexibility index (Phi) is 6.82. The van der Waals surface area contributed by atoms with Crippen LogP contribution >= 0.6 is 11.3 Å². The van der Waals surface area contributed by atoms with Gasteiger partial charge >= 0.3 is 5.69 Å². The number of aryl methyl sites for hydroxylation is 1. The van der Waals surface area contributed by atoms with Crippen molar-refractivity contribution >= 4 is 21.6 Å². The molecular formula is C15H22F2N4O3S. The number of fused-ring (bicyclic) bond motifs is 1. The lowest BCUT2D eigenvalue weighted by Gasteiger charge is -2.11. The van der Waals surface area contributed by atoms with Gasteiger partial charge in [-0.3, -0.25) is 13.9 Å². The molecular weight excluding hydrogens is 354 g/mol. The molecule has 0 aliphatic rings. The van der Waals surface area contributed by atoms with Crippen LogP contribution in [0.2, 0.25) is 0 Å². The monoisotopic (exact) mass is 376 g/mol. The van der Waals surface area contributed by atoms with Crippen LogP contribution in [0.4, 0.5) is 8.78 Å². The Labute approximate surface area is 147 Å². The maximum absolute atomic E-state index is 12.8. The number of methoxy groups -OCH3 is 1. The molecule has 2 aromatic heterocycles. The highest BCUT2D eigenvalue weighted by atomic mass is 32.1. The number of ether oxygens (including phenoxy) is 1. The van der Waals surface area contributed by atoms with Crippen LogP contribution < -0.4 is 22.3 Å². The average Bonchev–Trinajstić information content (AvgIpc) is 2.88. The Morgan fingerprint density at radius 1 is 1.32 bits per heavy atom. The molecule has 2 rings (SSSR count). The summed E-state index contributed by atoms with van der Waals surface area (Å²) in [5, 5.41) is 3.45. The van der Waals surface area contributed by atoms with Crippen LogP contribution in [0, 0.1) is 6.92 Å². The summed E-state index contributed by atoms with van der Waals surface area (Å²) in [7, 11) is 1.49. The maximum Gasteiger partial charge on any atom is 0.332 e. The molecule has 0 aliphatic carbocycles. The number of aromatic nitrogens is 2. The molecule has 0 amide bonds. The molecule has 0 aromatic carbocycles. The van der Waals surface area contributed by atoms with Crippen LogP contribution in [-0.4, -0.2) is 42.4 Å². The molecule has 10 heteroatoms. The summed E-state index contributed by atoms with van der Waals surface area (Å²) >= 11 is 1.31. The molecule has 0 bridgehead atoms. The van der Waals surface area contributed by atoms with Crippen LogP contribution in [0.5, 0.6) is 0 Å². The Morgan fingerprint density at radius 2 is 2.04 bits per heavy atom. The van der Waals surface area contributed by atoms with Crippen molar-refractivity contribution < 1.29 is 13.5 Å². The number of hydrogen-bond donors (Lipinski definition) is 2. The molecule has 0 atom stereocenters. The third-order valence-corrected chi connectivity index (χ3v) is 5.15. The Balaban J connectivity index is 2.66. The van der Waals surface area contributed by atoms with Crippen molar-refractivity contribution in [1.29, 1.82) is 0 Å². The number of nitrogens with zero attached hydrogens (tertiary/aromatic N) is 2. The first-order chi connectivity index (χ1) is 11.9. The molecule has 0 unspecified atom stereocenters. The number of nitrogens with one attached hydrogen (secondary N) is 1. The number of alkyl halides is 2. The number of hydrogen-bond acceptors (Lipinski definition) is 6. The third kappa shape index (κ3) is 4.14. The lowest BCUT2D eigenvalue weighted by Crippen LogP contribution is -2.41. The molecule has 0 saturated carbocycles. The van der Waals surface area contributed by atoms with E-state index >= 15 is 0 Å². The fraction of sp³-hybridized carbons (Fsp3) is 0.600. The van der Waals surface area contributed by atoms with E-state index in [2.05, 4.69) is 5.32 Å². The van der Waals surface area contributed by atoms with Crippen molar-refractivity contribution in [3.63, 3.8) is 0 Å². The zero-order valence-corrected chi connectivity index (χ0v) is 15.0. The Morgan fingerprint density at radius 3 is 2.64 bits per heavy atom. The van der Waals surface area contributed by atoms with Gasteiger partial charge in [0.25, 0.3) is 12.0 Å². The van der Waals surface area contributed by atoms with Gasteiger partial charge in [-0.05, 0) is 12.5 Å². The normalized spacial score (nSPS) is 11.8. The molecule has 2 heterocycles. The molecule has 0 saturated heterocycles. The molecule has 0 aliphatic heterocycles. The van der Waals surface area contributed by atoms with Crippen LogP contribution in [-0.2, 0) is 24.4 Å². The van der Waals surface area contributed by atoms with E-state index in [-0.39, 0.29) is 13.2 Å². The predicted octanol–water partition coefficient (Wildman–Crippen LogP) is 0.493. The van der Waals surface area contributed by atoms with Gasteiger partial charge in [-0.25, -0.2) is 13.6 Å².